The Hall–Kier alpha value is -0.890. The van der Waals surface area contributed by atoms with Gasteiger partial charge in [-0.15, -0.1) is 0 Å². The monoisotopic (exact) mass is 246 g/mol. The largest absolute Gasteiger partial charge is 0.330 e. The van der Waals surface area contributed by atoms with Crippen molar-refractivity contribution in [1.82, 2.24) is 4.98 Å². The van der Waals surface area contributed by atoms with Gasteiger partial charge in [-0.1, -0.05) is 26.8 Å². The summed E-state index contributed by atoms with van der Waals surface area (Å²) in [4.78, 5) is 4.28. The third-order valence-electron chi connectivity index (χ3n) is 4.63. The summed E-state index contributed by atoms with van der Waals surface area (Å²) in [7, 11) is 0. The van der Waals surface area contributed by atoms with E-state index in [0.29, 0.717) is 17.3 Å². The van der Waals surface area contributed by atoms with Crippen molar-refractivity contribution in [1.29, 1.82) is 0 Å². The molecule has 0 amide bonds. The minimum absolute atomic E-state index is 0.403. The van der Waals surface area contributed by atoms with Crippen molar-refractivity contribution in [3.63, 3.8) is 0 Å². The number of hydrogen-bond donors (Lipinski definition) is 1. The zero-order chi connectivity index (χ0) is 13.2. The quantitative estimate of drug-likeness (QED) is 0.866. The van der Waals surface area contributed by atoms with Gasteiger partial charge < -0.3 is 5.73 Å². The third-order valence-corrected chi connectivity index (χ3v) is 4.63. The number of rotatable bonds is 2. The Morgan fingerprint density at radius 3 is 2.67 bits per heavy atom. The molecule has 1 heterocycles. The maximum atomic E-state index is 5.97. The first-order valence-corrected chi connectivity index (χ1v) is 7.12. The van der Waals surface area contributed by atoms with Gasteiger partial charge in [0.15, 0.2) is 0 Å². The van der Waals surface area contributed by atoms with Crippen molar-refractivity contribution < 1.29 is 0 Å². The Labute approximate surface area is 111 Å². The fourth-order valence-electron chi connectivity index (χ4n) is 3.31. The van der Waals surface area contributed by atoms with Crippen molar-refractivity contribution in [2.45, 2.75) is 46.0 Å². The average molecular weight is 246 g/mol. The zero-order valence-corrected chi connectivity index (χ0v) is 11.9. The lowest BCUT2D eigenvalue weighted by molar-refractivity contribution is 0.133. The lowest BCUT2D eigenvalue weighted by Gasteiger charge is -2.41. The van der Waals surface area contributed by atoms with Crippen LogP contribution in [0.1, 0.15) is 51.5 Å². The van der Waals surface area contributed by atoms with Crippen LogP contribution in [-0.4, -0.2) is 11.5 Å². The lowest BCUT2D eigenvalue weighted by atomic mass is 9.64. The molecule has 1 aromatic rings. The Morgan fingerprint density at radius 1 is 1.33 bits per heavy atom. The highest BCUT2D eigenvalue weighted by atomic mass is 14.6. The molecular weight excluding hydrogens is 220 g/mol. The third kappa shape index (κ3) is 2.92. The van der Waals surface area contributed by atoms with E-state index < -0.39 is 0 Å². The second kappa shape index (κ2) is 5.40. The van der Waals surface area contributed by atoms with Crippen LogP contribution in [0.5, 0.6) is 0 Å². The number of pyridine rings is 1. The van der Waals surface area contributed by atoms with Gasteiger partial charge >= 0.3 is 0 Å². The van der Waals surface area contributed by atoms with Crippen molar-refractivity contribution >= 4 is 0 Å². The Bertz CT molecular complexity index is 366. The van der Waals surface area contributed by atoms with E-state index in [4.69, 9.17) is 5.73 Å². The molecule has 18 heavy (non-hydrogen) atoms. The van der Waals surface area contributed by atoms with Crippen LogP contribution in [-0.2, 0) is 0 Å². The van der Waals surface area contributed by atoms with Crippen LogP contribution in [0, 0.1) is 17.3 Å². The summed E-state index contributed by atoms with van der Waals surface area (Å²) in [5, 5.41) is 0. The van der Waals surface area contributed by atoms with Gasteiger partial charge in [0.1, 0.15) is 0 Å². The average Bonchev–Trinajstić information content (AvgIpc) is 2.38. The molecule has 0 spiro atoms. The van der Waals surface area contributed by atoms with Gasteiger partial charge in [-0.25, -0.2) is 0 Å². The van der Waals surface area contributed by atoms with Gasteiger partial charge in [0.05, 0.1) is 0 Å². The molecule has 0 bridgehead atoms. The summed E-state index contributed by atoms with van der Waals surface area (Å²) in [5.74, 6) is 2.03. The van der Waals surface area contributed by atoms with Gasteiger partial charge in [-0.3, -0.25) is 4.98 Å². The topological polar surface area (TPSA) is 38.9 Å². The fourth-order valence-corrected chi connectivity index (χ4v) is 3.31. The van der Waals surface area contributed by atoms with E-state index in [1.165, 1.54) is 24.8 Å². The lowest BCUT2D eigenvalue weighted by Crippen LogP contribution is -2.34. The molecule has 0 aromatic carbocycles. The van der Waals surface area contributed by atoms with Gasteiger partial charge in [0, 0.05) is 12.4 Å². The van der Waals surface area contributed by atoms with Crippen LogP contribution >= 0.6 is 0 Å². The van der Waals surface area contributed by atoms with E-state index in [-0.39, 0.29) is 0 Å². The molecule has 1 fully saturated rings. The first kappa shape index (κ1) is 13.5. The van der Waals surface area contributed by atoms with Gasteiger partial charge in [0.25, 0.3) is 0 Å². The molecule has 1 aliphatic rings. The molecule has 2 rings (SSSR count). The maximum absolute atomic E-state index is 5.97. The predicted octanol–water partition coefficient (Wildman–Crippen LogP) is 3.59. The summed E-state index contributed by atoms with van der Waals surface area (Å²) in [6.07, 6.45) is 7.72. The summed E-state index contributed by atoms with van der Waals surface area (Å²) < 4.78 is 0. The van der Waals surface area contributed by atoms with Gasteiger partial charge in [0.2, 0.25) is 0 Å². The highest BCUT2D eigenvalue weighted by molar-refractivity contribution is 5.17. The van der Waals surface area contributed by atoms with Crippen LogP contribution in [0.25, 0.3) is 0 Å². The number of nitrogens with zero attached hydrogens (tertiary/aromatic N) is 1. The van der Waals surface area contributed by atoms with Crippen molar-refractivity contribution in [2.75, 3.05) is 6.54 Å². The van der Waals surface area contributed by atoms with E-state index in [2.05, 4.69) is 31.8 Å². The summed E-state index contributed by atoms with van der Waals surface area (Å²) in [5.41, 5.74) is 7.74. The second-order valence-electron chi connectivity index (χ2n) is 6.76. The molecule has 2 nitrogen and oxygen atoms in total. The molecule has 1 aliphatic carbocycles. The highest BCUT2D eigenvalue weighted by Gasteiger charge is 2.35. The molecule has 0 radical (unpaired) electrons. The minimum Gasteiger partial charge on any atom is -0.330 e. The zero-order valence-electron chi connectivity index (χ0n) is 11.9. The molecule has 1 aromatic heterocycles. The standard InChI is InChI=1S/C16H26N2/c1-16(2,3)14-7-6-12(10-17)15(9-14)13-5-4-8-18-11-13/h4-5,8,11-12,14-15H,6-7,9-10,17H2,1-3H3. The molecule has 0 saturated heterocycles. The van der Waals surface area contributed by atoms with Crippen molar-refractivity contribution in [2.24, 2.45) is 23.0 Å². The summed E-state index contributed by atoms with van der Waals surface area (Å²) in [6, 6.07) is 4.26. The Balaban J connectivity index is 2.19. The van der Waals surface area contributed by atoms with Crippen LogP contribution in [0.4, 0.5) is 0 Å². The molecule has 0 aliphatic heterocycles. The smallest absolute Gasteiger partial charge is 0.0302 e. The Kier molecular flexibility index (Phi) is 4.06. The fraction of sp³-hybridized carbons (Fsp3) is 0.688. The van der Waals surface area contributed by atoms with E-state index in [1.807, 2.05) is 18.5 Å². The van der Waals surface area contributed by atoms with Crippen LogP contribution < -0.4 is 5.73 Å². The van der Waals surface area contributed by atoms with Crippen molar-refractivity contribution in [3.8, 4) is 0 Å². The Morgan fingerprint density at radius 2 is 2.11 bits per heavy atom. The van der Waals surface area contributed by atoms with E-state index in [0.717, 1.165) is 12.5 Å². The molecule has 3 unspecified atom stereocenters. The molecular formula is C16H26N2. The number of hydrogen-bond acceptors (Lipinski definition) is 2. The normalized spacial score (nSPS) is 29.2. The number of nitrogens with two attached hydrogens (primary N) is 1. The predicted molar refractivity (Wildman–Crippen MR) is 76.3 cm³/mol. The summed E-state index contributed by atoms with van der Waals surface area (Å²) >= 11 is 0. The molecule has 100 valence electrons. The van der Waals surface area contributed by atoms with E-state index in [1.54, 1.807) is 0 Å². The molecule has 3 atom stereocenters. The first-order valence-electron chi connectivity index (χ1n) is 7.12. The molecule has 1 saturated carbocycles. The van der Waals surface area contributed by atoms with Gasteiger partial charge in [-0.2, -0.15) is 0 Å². The SMILES string of the molecule is CC(C)(C)C1CCC(CN)C(c2cccnc2)C1. The highest BCUT2D eigenvalue weighted by Crippen LogP contribution is 2.46. The molecule has 2 N–H and O–H groups in total. The van der Waals surface area contributed by atoms with Crippen LogP contribution in [0.3, 0.4) is 0 Å². The van der Waals surface area contributed by atoms with Crippen molar-refractivity contribution in [3.05, 3.63) is 30.1 Å². The van der Waals surface area contributed by atoms with E-state index in [9.17, 15) is 0 Å². The van der Waals surface area contributed by atoms with E-state index >= 15 is 0 Å². The summed E-state index contributed by atoms with van der Waals surface area (Å²) in [6.45, 7) is 7.89. The minimum atomic E-state index is 0.403. The van der Waals surface area contributed by atoms with Crippen LogP contribution in [0.2, 0.25) is 0 Å². The second-order valence-corrected chi connectivity index (χ2v) is 6.76. The van der Waals surface area contributed by atoms with Gasteiger partial charge in [-0.05, 0) is 60.6 Å². The number of aromatic nitrogens is 1. The van der Waals surface area contributed by atoms with Crippen LogP contribution in [0.15, 0.2) is 24.5 Å². The maximum Gasteiger partial charge on any atom is 0.0302 e. The molecule has 2 heteroatoms. The first-order chi connectivity index (χ1) is 8.52.